The van der Waals surface area contributed by atoms with Crippen molar-refractivity contribution in [2.75, 3.05) is 0 Å². The van der Waals surface area contributed by atoms with E-state index in [1.165, 1.54) is 5.56 Å². The molecule has 0 aliphatic heterocycles. The summed E-state index contributed by atoms with van der Waals surface area (Å²) in [6.45, 7) is 2.14. The lowest BCUT2D eigenvalue weighted by atomic mass is 9.95. The number of fused-ring (bicyclic) bond motifs is 1. The highest BCUT2D eigenvalue weighted by molar-refractivity contribution is 9.10. The molecule has 17 heavy (non-hydrogen) atoms. The van der Waals surface area contributed by atoms with Gasteiger partial charge in [-0.05, 0) is 36.0 Å². The highest BCUT2D eigenvalue weighted by Gasteiger charge is 2.79. The van der Waals surface area contributed by atoms with Crippen LogP contribution in [0.2, 0.25) is 0 Å². The predicted molar refractivity (Wildman–Crippen MR) is 68.9 cm³/mol. The van der Waals surface area contributed by atoms with Gasteiger partial charge in [0, 0.05) is 10.4 Å². The van der Waals surface area contributed by atoms with E-state index in [-0.39, 0.29) is 11.3 Å². The molecule has 0 amide bonds. The quantitative estimate of drug-likeness (QED) is 0.901. The first-order valence-electron chi connectivity index (χ1n) is 6.01. The molecule has 90 valence electrons. The molecule has 0 saturated heterocycles. The van der Waals surface area contributed by atoms with Gasteiger partial charge in [0.05, 0.1) is 5.41 Å². The molecular weight excluding hydrogens is 280 g/mol. The van der Waals surface area contributed by atoms with Gasteiger partial charge < -0.3 is 5.11 Å². The summed E-state index contributed by atoms with van der Waals surface area (Å²) >= 11 is 3.42. The lowest BCUT2D eigenvalue weighted by molar-refractivity contribution is -0.144. The van der Waals surface area contributed by atoms with Crippen LogP contribution in [0.5, 0.6) is 0 Å². The second-order valence-electron chi connectivity index (χ2n) is 5.53. The Morgan fingerprint density at radius 3 is 2.53 bits per heavy atom. The van der Waals surface area contributed by atoms with Crippen molar-refractivity contribution in [1.82, 2.24) is 0 Å². The van der Waals surface area contributed by atoms with Crippen molar-refractivity contribution in [2.24, 2.45) is 10.8 Å². The van der Waals surface area contributed by atoms with Gasteiger partial charge in [-0.25, -0.2) is 0 Å². The van der Waals surface area contributed by atoms with Crippen LogP contribution in [-0.2, 0) is 4.79 Å². The molecule has 0 unspecified atom stereocenters. The van der Waals surface area contributed by atoms with E-state index >= 15 is 0 Å². The zero-order valence-corrected chi connectivity index (χ0v) is 11.3. The Kier molecular flexibility index (Phi) is 2.22. The molecule has 3 rings (SSSR count). The van der Waals surface area contributed by atoms with Gasteiger partial charge in [0.1, 0.15) is 0 Å². The molecule has 2 saturated carbocycles. The Hall–Kier alpha value is -0.830. The van der Waals surface area contributed by atoms with Gasteiger partial charge in [-0.1, -0.05) is 41.4 Å². The number of aliphatic carboxylic acids is 1. The monoisotopic (exact) mass is 294 g/mol. The van der Waals surface area contributed by atoms with Gasteiger partial charge in [-0.15, -0.1) is 0 Å². The van der Waals surface area contributed by atoms with E-state index in [1.54, 1.807) is 0 Å². The van der Waals surface area contributed by atoms with Crippen molar-refractivity contribution in [1.29, 1.82) is 0 Å². The average Bonchev–Trinajstić information content (AvgIpc) is 2.64. The highest BCUT2D eigenvalue weighted by Crippen LogP contribution is 2.81. The fraction of sp³-hybridized carbons (Fsp3) is 0.500. The van der Waals surface area contributed by atoms with Crippen LogP contribution in [0.15, 0.2) is 28.7 Å². The van der Waals surface area contributed by atoms with Crippen LogP contribution < -0.4 is 0 Å². The standard InChI is InChI=1S/C14H15BrO2/c1-13-7-2-8-14(13,12(16)17)11(13)9-3-5-10(15)6-4-9/h3-6,11H,2,7-8H2,1H3,(H,16,17)/t11-,13-,14+/m1/s1. The SMILES string of the molecule is C[C@]12CCC[C@@]1(C(=O)O)[C@@H]2c1ccc(Br)cc1. The third-order valence-electron chi connectivity index (χ3n) is 4.92. The van der Waals surface area contributed by atoms with E-state index in [1.807, 2.05) is 12.1 Å². The number of rotatable bonds is 2. The molecule has 2 fully saturated rings. The van der Waals surface area contributed by atoms with Crippen LogP contribution >= 0.6 is 15.9 Å². The van der Waals surface area contributed by atoms with Crippen LogP contribution in [0.4, 0.5) is 0 Å². The van der Waals surface area contributed by atoms with Crippen LogP contribution in [0.25, 0.3) is 0 Å². The Morgan fingerprint density at radius 1 is 1.35 bits per heavy atom. The molecule has 1 aromatic rings. The van der Waals surface area contributed by atoms with Crippen LogP contribution in [0.3, 0.4) is 0 Å². The largest absolute Gasteiger partial charge is 0.481 e. The molecule has 0 aromatic heterocycles. The number of carbonyl (C=O) groups is 1. The predicted octanol–water partition coefficient (Wildman–Crippen LogP) is 3.81. The maximum atomic E-state index is 11.6. The Bertz CT molecular complexity index is 482. The van der Waals surface area contributed by atoms with Crippen molar-refractivity contribution in [3.8, 4) is 0 Å². The number of benzene rings is 1. The minimum Gasteiger partial charge on any atom is -0.481 e. The summed E-state index contributed by atoms with van der Waals surface area (Å²) in [6.07, 6.45) is 2.93. The van der Waals surface area contributed by atoms with Crippen molar-refractivity contribution in [3.63, 3.8) is 0 Å². The van der Waals surface area contributed by atoms with E-state index < -0.39 is 11.4 Å². The Morgan fingerprint density at radius 2 is 2.00 bits per heavy atom. The number of carboxylic acids is 1. The lowest BCUT2D eigenvalue weighted by Gasteiger charge is -2.10. The van der Waals surface area contributed by atoms with E-state index in [0.717, 1.165) is 23.7 Å². The Balaban J connectivity index is 2.01. The zero-order chi connectivity index (χ0) is 12.3. The normalized spacial score (nSPS) is 38.8. The fourth-order valence-electron chi connectivity index (χ4n) is 4.07. The summed E-state index contributed by atoms with van der Waals surface area (Å²) in [5.74, 6) is -0.403. The van der Waals surface area contributed by atoms with Crippen LogP contribution in [0, 0.1) is 10.8 Å². The summed E-state index contributed by atoms with van der Waals surface area (Å²) in [4.78, 5) is 11.6. The first-order chi connectivity index (χ1) is 8.02. The Labute approximate surface area is 109 Å². The van der Waals surface area contributed by atoms with Crippen molar-refractivity contribution < 1.29 is 9.90 Å². The summed E-state index contributed by atoms with van der Waals surface area (Å²) in [6, 6.07) is 8.12. The number of hydrogen-bond acceptors (Lipinski definition) is 1. The third kappa shape index (κ3) is 1.23. The van der Waals surface area contributed by atoms with Crippen molar-refractivity contribution in [2.45, 2.75) is 32.1 Å². The van der Waals surface area contributed by atoms with Crippen LogP contribution in [0.1, 0.15) is 37.7 Å². The van der Waals surface area contributed by atoms with Crippen molar-refractivity contribution >= 4 is 21.9 Å². The van der Waals surface area contributed by atoms with Gasteiger partial charge in [-0.3, -0.25) is 4.79 Å². The minimum absolute atomic E-state index is 0.0212. The molecule has 0 spiro atoms. The van der Waals surface area contributed by atoms with Gasteiger partial charge in [0.2, 0.25) is 0 Å². The second kappa shape index (κ2) is 3.35. The van der Waals surface area contributed by atoms with Gasteiger partial charge in [0.25, 0.3) is 0 Å². The maximum Gasteiger partial charge on any atom is 0.310 e. The third-order valence-corrected chi connectivity index (χ3v) is 5.45. The molecule has 0 radical (unpaired) electrons. The molecular formula is C14H15BrO2. The van der Waals surface area contributed by atoms with Crippen molar-refractivity contribution in [3.05, 3.63) is 34.3 Å². The smallest absolute Gasteiger partial charge is 0.310 e. The first kappa shape index (κ1) is 11.3. The van der Waals surface area contributed by atoms with E-state index in [4.69, 9.17) is 0 Å². The molecule has 3 heteroatoms. The molecule has 2 aliphatic carbocycles. The zero-order valence-electron chi connectivity index (χ0n) is 9.74. The molecule has 3 atom stereocenters. The second-order valence-corrected chi connectivity index (χ2v) is 6.45. The van der Waals surface area contributed by atoms with Gasteiger partial charge in [0.15, 0.2) is 0 Å². The number of hydrogen-bond donors (Lipinski definition) is 1. The molecule has 0 heterocycles. The maximum absolute atomic E-state index is 11.6. The van der Waals surface area contributed by atoms with E-state index in [9.17, 15) is 9.90 Å². The summed E-state index contributed by atoms with van der Waals surface area (Å²) < 4.78 is 1.04. The van der Waals surface area contributed by atoms with E-state index in [0.29, 0.717) is 0 Å². The molecule has 1 N–H and O–H groups in total. The summed E-state index contributed by atoms with van der Waals surface area (Å²) in [7, 11) is 0. The van der Waals surface area contributed by atoms with E-state index in [2.05, 4.69) is 35.0 Å². The number of halogens is 1. The fourth-order valence-corrected chi connectivity index (χ4v) is 4.34. The first-order valence-corrected chi connectivity index (χ1v) is 6.80. The molecule has 0 bridgehead atoms. The van der Waals surface area contributed by atoms with Gasteiger partial charge >= 0.3 is 5.97 Å². The summed E-state index contributed by atoms with van der Waals surface area (Å²) in [5.41, 5.74) is 0.672. The molecule has 2 nitrogen and oxygen atoms in total. The highest BCUT2D eigenvalue weighted by atomic mass is 79.9. The number of carboxylic acid groups (broad SMARTS) is 1. The minimum atomic E-state index is -0.606. The molecule has 1 aromatic carbocycles. The topological polar surface area (TPSA) is 37.3 Å². The molecule has 2 aliphatic rings. The van der Waals surface area contributed by atoms with Gasteiger partial charge in [-0.2, -0.15) is 0 Å². The lowest BCUT2D eigenvalue weighted by Crippen LogP contribution is -2.17. The average molecular weight is 295 g/mol. The van der Waals surface area contributed by atoms with Crippen LogP contribution in [-0.4, -0.2) is 11.1 Å². The summed E-state index contributed by atoms with van der Waals surface area (Å²) in [5, 5.41) is 9.56.